The molecule has 2 heterocycles. The minimum absolute atomic E-state index is 0.0161. The topological polar surface area (TPSA) is 66.0 Å². The second-order valence-electron chi connectivity index (χ2n) is 9.77. The fraction of sp³-hybridized carbons (Fsp3) is 0.387. The molecule has 0 aliphatic carbocycles. The zero-order valence-corrected chi connectivity index (χ0v) is 22.5. The van der Waals surface area contributed by atoms with E-state index in [0.717, 1.165) is 60.6 Å². The summed E-state index contributed by atoms with van der Waals surface area (Å²) in [7, 11) is 1.66. The molecule has 1 aliphatic heterocycles. The molecule has 2 amide bonds. The number of hydrogen-bond acceptors (Lipinski definition) is 5. The number of methoxy groups -OCH3 is 1. The highest BCUT2D eigenvalue weighted by Gasteiger charge is 2.21. The van der Waals surface area contributed by atoms with Crippen LogP contribution in [0, 0.1) is 0 Å². The molecule has 0 saturated heterocycles. The third-order valence-electron chi connectivity index (χ3n) is 7.06. The summed E-state index contributed by atoms with van der Waals surface area (Å²) in [6.45, 7) is 5.92. The number of aromatic nitrogens is 1. The third kappa shape index (κ3) is 7.42. The van der Waals surface area contributed by atoms with Gasteiger partial charge in [0.15, 0.2) is 0 Å². The maximum atomic E-state index is 13.6. The number of carbonyl (C=O) groups is 2. The van der Waals surface area contributed by atoms with Crippen molar-refractivity contribution in [3.05, 3.63) is 89.7 Å². The number of carbonyl (C=O) groups excluding carboxylic acids is 2. The SMILES string of the molecule is COc1ccccc1CCC(=O)N1CCCN(Cc2cccnc2)CCCN(C(C)=O)c2ccccc2C1. The summed E-state index contributed by atoms with van der Waals surface area (Å²) in [4.78, 5) is 36.7. The van der Waals surface area contributed by atoms with Gasteiger partial charge in [0, 0.05) is 70.7 Å². The zero-order chi connectivity index (χ0) is 26.7. The lowest BCUT2D eigenvalue weighted by Crippen LogP contribution is -2.38. The van der Waals surface area contributed by atoms with E-state index in [2.05, 4.69) is 16.0 Å². The largest absolute Gasteiger partial charge is 0.496 e. The number of rotatable bonds is 6. The van der Waals surface area contributed by atoms with Crippen molar-refractivity contribution in [3.63, 3.8) is 0 Å². The monoisotopic (exact) mass is 514 g/mol. The van der Waals surface area contributed by atoms with Gasteiger partial charge in [-0.3, -0.25) is 19.5 Å². The van der Waals surface area contributed by atoms with E-state index in [9.17, 15) is 9.59 Å². The lowest BCUT2D eigenvalue weighted by molar-refractivity contribution is -0.131. The van der Waals surface area contributed by atoms with Crippen molar-refractivity contribution < 1.29 is 14.3 Å². The number of fused-ring (bicyclic) bond motifs is 1. The minimum atomic E-state index is 0.0161. The Kier molecular flexibility index (Phi) is 9.87. The van der Waals surface area contributed by atoms with Gasteiger partial charge in [0.2, 0.25) is 11.8 Å². The maximum Gasteiger partial charge on any atom is 0.223 e. The van der Waals surface area contributed by atoms with E-state index in [1.54, 1.807) is 20.2 Å². The molecule has 0 radical (unpaired) electrons. The molecule has 1 aliphatic rings. The van der Waals surface area contributed by atoms with Gasteiger partial charge in [-0.25, -0.2) is 0 Å². The van der Waals surface area contributed by atoms with Gasteiger partial charge in [-0.05, 0) is 54.2 Å². The van der Waals surface area contributed by atoms with Gasteiger partial charge in [-0.2, -0.15) is 0 Å². The summed E-state index contributed by atoms with van der Waals surface area (Å²) >= 11 is 0. The van der Waals surface area contributed by atoms with Gasteiger partial charge in [0.05, 0.1) is 7.11 Å². The van der Waals surface area contributed by atoms with Gasteiger partial charge in [0.25, 0.3) is 0 Å². The summed E-state index contributed by atoms with van der Waals surface area (Å²) in [5.41, 5.74) is 4.09. The Morgan fingerprint density at radius 1 is 0.921 bits per heavy atom. The van der Waals surface area contributed by atoms with Crippen LogP contribution in [0.25, 0.3) is 0 Å². The second kappa shape index (κ2) is 13.7. The molecule has 0 spiro atoms. The molecule has 0 unspecified atom stereocenters. The first-order chi connectivity index (χ1) is 18.5. The third-order valence-corrected chi connectivity index (χ3v) is 7.06. The first kappa shape index (κ1) is 27.3. The highest BCUT2D eigenvalue weighted by molar-refractivity contribution is 5.92. The van der Waals surface area contributed by atoms with E-state index >= 15 is 0 Å². The molecule has 0 atom stereocenters. The number of hydrogen-bond donors (Lipinski definition) is 0. The molecule has 2 aromatic carbocycles. The Morgan fingerprint density at radius 2 is 1.68 bits per heavy atom. The quantitative estimate of drug-likeness (QED) is 0.477. The molecule has 3 aromatic rings. The molecular formula is C31H38N4O3. The number of aryl methyl sites for hydroxylation is 1. The van der Waals surface area contributed by atoms with Crippen LogP contribution in [0.1, 0.15) is 42.9 Å². The van der Waals surface area contributed by atoms with Crippen LogP contribution < -0.4 is 9.64 Å². The Hall–Kier alpha value is -3.71. The molecule has 1 aromatic heterocycles. The number of benzene rings is 2. The van der Waals surface area contributed by atoms with Gasteiger partial charge in [-0.1, -0.05) is 42.5 Å². The molecule has 7 nitrogen and oxygen atoms in total. The van der Waals surface area contributed by atoms with E-state index < -0.39 is 0 Å². The Morgan fingerprint density at radius 3 is 2.45 bits per heavy atom. The summed E-state index contributed by atoms with van der Waals surface area (Å²) in [5, 5.41) is 0. The Balaban J connectivity index is 1.55. The Bertz CT molecular complexity index is 1200. The smallest absolute Gasteiger partial charge is 0.223 e. The lowest BCUT2D eigenvalue weighted by Gasteiger charge is -2.31. The number of pyridine rings is 1. The van der Waals surface area contributed by atoms with Crippen molar-refractivity contribution in [2.75, 3.05) is 38.2 Å². The molecule has 0 N–H and O–H groups in total. The van der Waals surface area contributed by atoms with Crippen molar-refractivity contribution in [2.24, 2.45) is 0 Å². The van der Waals surface area contributed by atoms with Crippen LogP contribution in [0.3, 0.4) is 0 Å². The standard InChI is InChI=1S/C31H38N4O3/c1-25(36)35-21-9-19-33(23-26-10-7-17-32-22-26)18-8-20-34(24-28-12-3-5-13-29(28)35)31(37)16-15-27-11-4-6-14-30(27)38-2/h3-7,10-14,17,22H,8-9,15-16,18-21,23-24H2,1-2H3. The molecule has 0 saturated carbocycles. The highest BCUT2D eigenvalue weighted by atomic mass is 16.5. The number of para-hydroxylation sites is 2. The van der Waals surface area contributed by atoms with Gasteiger partial charge >= 0.3 is 0 Å². The second-order valence-corrected chi connectivity index (χ2v) is 9.77. The number of nitrogens with zero attached hydrogens (tertiary/aromatic N) is 4. The first-order valence-electron chi connectivity index (χ1n) is 13.4. The van der Waals surface area contributed by atoms with Crippen LogP contribution in [0.4, 0.5) is 5.69 Å². The average molecular weight is 515 g/mol. The number of anilines is 1. The zero-order valence-electron chi connectivity index (χ0n) is 22.5. The molecule has 38 heavy (non-hydrogen) atoms. The van der Waals surface area contributed by atoms with Gasteiger partial charge < -0.3 is 14.5 Å². The molecule has 200 valence electrons. The molecule has 0 bridgehead atoms. The van der Waals surface area contributed by atoms with Gasteiger partial charge in [-0.15, -0.1) is 0 Å². The number of ether oxygens (including phenoxy) is 1. The summed E-state index contributed by atoms with van der Waals surface area (Å²) in [5.74, 6) is 0.931. The lowest BCUT2D eigenvalue weighted by atomic mass is 10.1. The van der Waals surface area contributed by atoms with Crippen molar-refractivity contribution in [2.45, 2.75) is 45.7 Å². The maximum absolute atomic E-state index is 13.6. The fourth-order valence-corrected chi connectivity index (χ4v) is 5.12. The van der Waals surface area contributed by atoms with Crippen LogP contribution in [0.2, 0.25) is 0 Å². The molecule has 7 heteroatoms. The van der Waals surface area contributed by atoms with Crippen LogP contribution >= 0.6 is 0 Å². The van der Waals surface area contributed by atoms with E-state index in [1.165, 1.54) is 0 Å². The highest BCUT2D eigenvalue weighted by Crippen LogP contribution is 2.25. The molecular weight excluding hydrogens is 476 g/mol. The first-order valence-corrected chi connectivity index (χ1v) is 13.4. The van der Waals surface area contributed by atoms with Crippen LogP contribution in [-0.2, 0) is 29.1 Å². The van der Waals surface area contributed by atoms with Crippen molar-refractivity contribution in [3.8, 4) is 5.75 Å². The van der Waals surface area contributed by atoms with Crippen molar-refractivity contribution >= 4 is 17.5 Å². The predicted octanol–water partition coefficient (Wildman–Crippen LogP) is 4.70. The normalized spacial score (nSPS) is 15.2. The van der Waals surface area contributed by atoms with E-state index in [4.69, 9.17) is 4.74 Å². The Labute approximate surface area is 226 Å². The number of amides is 2. The summed E-state index contributed by atoms with van der Waals surface area (Å²) < 4.78 is 5.48. The summed E-state index contributed by atoms with van der Waals surface area (Å²) in [6, 6.07) is 19.9. The van der Waals surface area contributed by atoms with E-state index in [0.29, 0.717) is 32.5 Å². The predicted molar refractivity (Wildman–Crippen MR) is 150 cm³/mol. The van der Waals surface area contributed by atoms with Crippen molar-refractivity contribution in [1.82, 2.24) is 14.8 Å². The van der Waals surface area contributed by atoms with Crippen LogP contribution in [-0.4, -0.2) is 59.9 Å². The van der Waals surface area contributed by atoms with E-state index in [-0.39, 0.29) is 11.8 Å². The van der Waals surface area contributed by atoms with Gasteiger partial charge in [0.1, 0.15) is 5.75 Å². The molecule has 0 fully saturated rings. The molecule has 4 rings (SSSR count). The summed E-state index contributed by atoms with van der Waals surface area (Å²) in [6.07, 6.45) is 6.46. The fourth-order valence-electron chi connectivity index (χ4n) is 5.12. The van der Waals surface area contributed by atoms with E-state index in [1.807, 2.05) is 70.6 Å². The van der Waals surface area contributed by atoms with Crippen molar-refractivity contribution in [1.29, 1.82) is 0 Å². The van der Waals surface area contributed by atoms with Crippen LogP contribution in [0.15, 0.2) is 73.1 Å². The van der Waals surface area contributed by atoms with Crippen LogP contribution in [0.5, 0.6) is 5.75 Å². The average Bonchev–Trinajstić information content (AvgIpc) is 2.93. The minimum Gasteiger partial charge on any atom is -0.496 e.